The molecule has 0 spiro atoms. The first-order valence-corrected chi connectivity index (χ1v) is 9.05. The Kier molecular flexibility index (Phi) is 5.96. The lowest BCUT2D eigenvalue weighted by molar-refractivity contribution is -0.120. The van der Waals surface area contributed by atoms with E-state index in [0.29, 0.717) is 35.8 Å². The van der Waals surface area contributed by atoms with Crippen LogP contribution in [-0.4, -0.2) is 35.9 Å². The molecule has 2 amide bonds. The maximum Gasteiger partial charge on any atom is 0.253 e. The van der Waals surface area contributed by atoms with Crippen LogP contribution in [0.2, 0.25) is 5.02 Å². The van der Waals surface area contributed by atoms with Crippen molar-refractivity contribution in [3.63, 3.8) is 0 Å². The van der Waals surface area contributed by atoms with E-state index in [4.69, 9.17) is 22.1 Å². The Morgan fingerprint density at radius 1 is 1.15 bits per heavy atom. The minimum Gasteiger partial charge on any atom is -0.490 e. The number of nitrogens with zero attached hydrogens (tertiary/aromatic N) is 1. The Balaban J connectivity index is 1.71. The highest BCUT2D eigenvalue weighted by Gasteiger charge is 2.34. The average Bonchev–Trinajstić information content (AvgIpc) is 2.64. The first-order valence-electron chi connectivity index (χ1n) is 8.68. The number of ether oxygens (including phenoxy) is 1. The number of hydrogen-bond donors (Lipinski definition) is 1. The fourth-order valence-corrected chi connectivity index (χ4v) is 3.39. The summed E-state index contributed by atoms with van der Waals surface area (Å²) < 4.78 is 19.1. The van der Waals surface area contributed by atoms with Crippen LogP contribution in [-0.2, 0) is 4.79 Å². The molecule has 1 fully saturated rings. The summed E-state index contributed by atoms with van der Waals surface area (Å²) in [4.78, 5) is 25.8. The van der Waals surface area contributed by atoms with Gasteiger partial charge in [-0.05, 0) is 48.5 Å². The summed E-state index contributed by atoms with van der Waals surface area (Å²) in [6.07, 6.45) is 0.440. The summed E-state index contributed by atoms with van der Waals surface area (Å²) >= 11 is 5.89. The molecule has 2 aromatic rings. The van der Waals surface area contributed by atoms with Gasteiger partial charge < -0.3 is 15.4 Å². The second kappa shape index (κ2) is 8.39. The van der Waals surface area contributed by atoms with Gasteiger partial charge in [0.05, 0.1) is 0 Å². The van der Waals surface area contributed by atoms with Crippen LogP contribution in [0.1, 0.15) is 23.2 Å². The SMILES string of the molecule is NC(=O)C[C@H]1CN(C(=O)c2ccc(F)cc2)CC[C@@H]1Oc1ccc(Cl)cc1. The molecule has 27 heavy (non-hydrogen) atoms. The van der Waals surface area contributed by atoms with Crippen molar-refractivity contribution in [2.24, 2.45) is 11.7 Å². The lowest BCUT2D eigenvalue weighted by Gasteiger charge is -2.38. The molecule has 1 aliphatic rings. The molecule has 142 valence electrons. The molecule has 0 radical (unpaired) electrons. The summed E-state index contributed by atoms with van der Waals surface area (Å²) in [7, 11) is 0. The zero-order valence-electron chi connectivity index (χ0n) is 14.6. The largest absolute Gasteiger partial charge is 0.490 e. The zero-order chi connectivity index (χ0) is 19.4. The molecule has 0 saturated carbocycles. The number of halogens is 2. The molecular weight excluding hydrogens is 371 g/mol. The molecule has 1 aliphatic heterocycles. The second-order valence-electron chi connectivity index (χ2n) is 6.59. The summed E-state index contributed by atoms with van der Waals surface area (Å²) in [5, 5.41) is 0.607. The molecule has 0 aromatic heterocycles. The molecule has 1 saturated heterocycles. The molecule has 2 atom stereocenters. The number of primary amides is 1. The fourth-order valence-electron chi connectivity index (χ4n) is 3.27. The van der Waals surface area contributed by atoms with Crippen LogP contribution in [0.25, 0.3) is 0 Å². The van der Waals surface area contributed by atoms with E-state index < -0.39 is 11.7 Å². The second-order valence-corrected chi connectivity index (χ2v) is 7.02. The molecule has 5 nitrogen and oxygen atoms in total. The molecule has 3 rings (SSSR count). The molecular formula is C20H20ClFN2O3. The van der Waals surface area contributed by atoms with Gasteiger partial charge in [0.1, 0.15) is 17.7 Å². The van der Waals surface area contributed by atoms with Gasteiger partial charge in [0.25, 0.3) is 5.91 Å². The quantitative estimate of drug-likeness (QED) is 0.851. The minimum absolute atomic E-state index is 0.117. The average molecular weight is 391 g/mol. The Hall–Kier alpha value is -2.60. The number of carbonyl (C=O) groups excluding carboxylic acids is 2. The van der Waals surface area contributed by atoms with E-state index in [1.807, 2.05) is 0 Å². The van der Waals surface area contributed by atoms with Gasteiger partial charge in [0.2, 0.25) is 5.91 Å². The number of likely N-dealkylation sites (tertiary alicyclic amines) is 1. The molecule has 0 aliphatic carbocycles. The minimum atomic E-state index is -0.444. The summed E-state index contributed by atoms with van der Waals surface area (Å²) in [6, 6.07) is 12.4. The topological polar surface area (TPSA) is 72.6 Å². The van der Waals surface area contributed by atoms with Crippen molar-refractivity contribution in [2.45, 2.75) is 18.9 Å². The van der Waals surface area contributed by atoms with Gasteiger partial charge in [-0.1, -0.05) is 11.6 Å². The molecule has 2 aromatic carbocycles. The van der Waals surface area contributed by atoms with E-state index >= 15 is 0 Å². The number of piperidine rings is 1. The molecule has 0 unspecified atom stereocenters. The number of carbonyl (C=O) groups is 2. The van der Waals surface area contributed by atoms with Crippen LogP contribution in [0.15, 0.2) is 48.5 Å². The summed E-state index contributed by atoms with van der Waals surface area (Å²) in [5.74, 6) is -0.614. The highest BCUT2D eigenvalue weighted by Crippen LogP contribution is 2.27. The van der Waals surface area contributed by atoms with Gasteiger partial charge in [0.15, 0.2) is 0 Å². The van der Waals surface area contributed by atoms with E-state index in [1.165, 1.54) is 24.3 Å². The van der Waals surface area contributed by atoms with Crippen LogP contribution in [0.5, 0.6) is 5.75 Å². The normalized spacial score (nSPS) is 19.6. The monoisotopic (exact) mass is 390 g/mol. The van der Waals surface area contributed by atoms with Crippen LogP contribution in [0, 0.1) is 11.7 Å². The first-order chi connectivity index (χ1) is 12.9. The van der Waals surface area contributed by atoms with Crippen molar-refractivity contribution < 1.29 is 18.7 Å². The third-order valence-corrected chi connectivity index (χ3v) is 4.86. The van der Waals surface area contributed by atoms with Crippen LogP contribution >= 0.6 is 11.6 Å². The van der Waals surface area contributed by atoms with E-state index in [1.54, 1.807) is 29.2 Å². The number of hydrogen-bond acceptors (Lipinski definition) is 3. The molecule has 0 bridgehead atoms. The Morgan fingerprint density at radius 2 is 1.81 bits per heavy atom. The smallest absolute Gasteiger partial charge is 0.253 e. The number of nitrogens with two attached hydrogens (primary N) is 1. The van der Waals surface area contributed by atoms with Crippen LogP contribution < -0.4 is 10.5 Å². The van der Waals surface area contributed by atoms with Gasteiger partial charge >= 0.3 is 0 Å². The van der Waals surface area contributed by atoms with Gasteiger partial charge in [-0.3, -0.25) is 9.59 Å². The summed E-state index contributed by atoms with van der Waals surface area (Å²) in [5.41, 5.74) is 5.80. The van der Waals surface area contributed by atoms with Crippen molar-refractivity contribution in [3.8, 4) is 5.75 Å². The van der Waals surface area contributed by atoms with E-state index in [-0.39, 0.29) is 24.3 Å². The van der Waals surface area contributed by atoms with Crippen molar-refractivity contribution >= 4 is 23.4 Å². The van der Waals surface area contributed by atoms with E-state index in [0.717, 1.165) is 0 Å². The van der Waals surface area contributed by atoms with Crippen molar-refractivity contribution in [1.82, 2.24) is 4.90 Å². The van der Waals surface area contributed by atoms with Crippen molar-refractivity contribution in [2.75, 3.05) is 13.1 Å². The Bertz CT molecular complexity index is 811. The number of benzene rings is 2. The first kappa shape index (κ1) is 19.2. The van der Waals surface area contributed by atoms with E-state index in [2.05, 4.69) is 0 Å². The molecule has 1 heterocycles. The highest BCUT2D eigenvalue weighted by atomic mass is 35.5. The third kappa shape index (κ3) is 4.98. The van der Waals surface area contributed by atoms with Crippen molar-refractivity contribution in [3.05, 3.63) is 64.9 Å². The van der Waals surface area contributed by atoms with Gasteiger partial charge in [-0.2, -0.15) is 0 Å². The fraction of sp³-hybridized carbons (Fsp3) is 0.300. The predicted octanol–water partition coefficient (Wildman–Crippen LogP) is 3.26. The standard InChI is InChI=1S/C20H20ClFN2O3/c21-15-3-7-17(8-4-15)27-18-9-10-24(12-14(18)11-19(23)25)20(26)13-1-5-16(22)6-2-13/h1-8,14,18H,9-12H2,(H2,23,25)/t14-,18-/m0/s1. The lowest BCUT2D eigenvalue weighted by Crippen LogP contribution is -2.49. The van der Waals surface area contributed by atoms with Crippen LogP contribution in [0.3, 0.4) is 0 Å². The maximum atomic E-state index is 13.1. The van der Waals surface area contributed by atoms with Crippen molar-refractivity contribution in [1.29, 1.82) is 0 Å². The number of rotatable bonds is 5. The van der Waals surface area contributed by atoms with Gasteiger partial charge in [-0.15, -0.1) is 0 Å². The lowest BCUT2D eigenvalue weighted by atomic mass is 9.90. The number of amides is 2. The Morgan fingerprint density at radius 3 is 2.44 bits per heavy atom. The zero-order valence-corrected chi connectivity index (χ0v) is 15.4. The third-order valence-electron chi connectivity index (χ3n) is 4.61. The molecule has 7 heteroatoms. The van der Waals surface area contributed by atoms with Crippen LogP contribution in [0.4, 0.5) is 4.39 Å². The maximum absolute atomic E-state index is 13.1. The van der Waals surface area contributed by atoms with Gasteiger partial charge in [-0.25, -0.2) is 4.39 Å². The Labute approximate surface area is 161 Å². The summed E-state index contributed by atoms with van der Waals surface area (Å²) in [6.45, 7) is 0.821. The van der Waals surface area contributed by atoms with Gasteiger partial charge in [0, 0.05) is 42.4 Å². The molecule has 2 N–H and O–H groups in total. The van der Waals surface area contributed by atoms with E-state index in [9.17, 15) is 14.0 Å². The predicted molar refractivity (Wildman–Crippen MR) is 100 cm³/mol. The highest BCUT2D eigenvalue weighted by molar-refractivity contribution is 6.30.